The van der Waals surface area contributed by atoms with Crippen molar-refractivity contribution < 1.29 is 9.26 Å². The average molecular weight is 537 g/mol. The van der Waals surface area contributed by atoms with Crippen LogP contribution in [0.4, 0.5) is 0 Å². The van der Waals surface area contributed by atoms with Crippen molar-refractivity contribution in [1.82, 2.24) is 0 Å². The molecule has 1 rings (SSSR count). The van der Waals surface area contributed by atoms with Gasteiger partial charge in [-0.15, -0.1) is 0 Å². The predicted octanol–water partition coefficient (Wildman–Crippen LogP) is 7.09. The summed E-state index contributed by atoms with van der Waals surface area (Å²) in [6.07, 6.45) is 8.85. The zero-order valence-corrected chi connectivity index (χ0v) is 23.3. The van der Waals surface area contributed by atoms with Gasteiger partial charge in [-0.3, -0.25) is 0 Å². The van der Waals surface area contributed by atoms with Crippen molar-refractivity contribution in [2.45, 2.75) is 79.5 Å². The van der Waals surface area contributed by atoms with Crippen LogP contribution in [-0.2, 0) is 28.6 Å². The maximum absolute atomic E-state index is 5.39. The molecule has 27 heavy (non-hydrogen) atoms. The maximum atomic E-state index is 5.39. The summed E-state index contributed by atoms with van der Waals surface area (Å²) < 4.78 is 15.5. The quantitative estimate of drug-likeness (QED) is 0.152. The Morgan fingerprint density at radius 3 is 1.67 bits per heavy atom. The van der Waals surface area contributed by atoms with Crippen LogP contribution in [0, 0.1) is 0 Å². The summed E-state index contributed by atoms with van der Waals surface area (Å²) in [7, 11) is 1.63. The number of unbranched alkanes of at least 4 members (excludes halogenated alkanes) is 3. The van der Waals surface area contributed by atoms with Gasteiger partial charge in [0, 0.05) is 6.61 Å². The molecular weight excluding hydrogens is 498 g/mol. The second kappa shape index (κ2) is 17.6. The minimum Gasteiger partial charge on any atom is -0.715 e. The minimum atomic E-state index is -2.21. The van der Waals surface area contributed by atoms with Gasteiger partial charge >= 0.3 is 92.4 Å². The van der Waals surface area contributed by atoms with E-state index in [4.69, 9.17) is 33.3 Å². The Balaban J connectivity index is 0.000000503. The van der Waals surface area contributed by atoms with Crippen LogP contribution in [0.5, 0.6) is 5.75 Å². The van der Waals surface area contributed by atoms with E-state index in [-0.39, 0.29) is 0 Å². The Bertz CT molecular complexity index is 492. The Morgan fingerprint density at radius 2 is 1.33 bits per heavy atom. The summed E-state index contributed by atoms with van der Waals surface area (Å²) in [5.74, 6) is 0.801. The molecule has 0 bridgehead atoms. The van der Waals surface area contributed by atoms with Gasteiger partial charge in [0.1, 0.15) is 5.75 Å². The smallest absolute Gasteiger partial charge is 0.118 e. The average Bonchev–Trinajstić information content (AvgIpc) is 2.68. The first-order chi connectivity index (χ1) is 12.9. The molecule has 6 heteroatoms. The minimum absolute atomic E-state index is 0.562. The summed E-state index contributed by atoms with van der Waals surface area (Å²) in [6, 6.07) is 7.45. The molecule has 0 radical (unpaired) electrons. The van der Waals surface area contributed by atoms with E-state index in [2.05, 4.69) is 20.8 Å². The number of hydrogen-bond donors (Lipinski definition) is 0. The summed E-state index contributed by atoms with van der Waals surface area (Å²) in [5.41, 5.74) is -2.21. The van der Waals surface area contributed by atoms with E-state index in [0.717, 1.165) is 11.1 Å². The zero-order valence-electron chi connectivity index (χ0n) is 18.0. The molecule has 0 heterocycles. The van der Waals surface area contributed by atoms with Crippen molar-refractivity contribution in [3.63, 3.8) is 0 Å². The number of rotatable bonds is 13. The largest absolute Gasteiger partial charge is 0.715 e. The van der Waals surface area contributed by atoms with Crippen molar-refractivity contribution in [2.24, 2.45) is 0 Å². The normalized spacial score (nSPS) is 12.7. The number of methoxy groups -OCH3 is 1. The van der Waals surface area contributed by atoms with Gasteiger partial charge in [0.05, 0.1) is 7.11 Å². The molecule has 0 saturated carbocycles. The number of ether oxygens (including phenoxy) is 1. The molecule has 0 aliphatic carbocycles. The molecule has 0 aliphatic heterocycles. The Labute approximate surface area is 186 Å². The first kappa shape index (κ1) is 27.8. The summed E-state index contributed by atoms with van der Waals surface area (Å²) in [6.45, 7) is 9.46. The van der Waals surface area contributed by atoms with Gasteiger partial charge in [0.2, 0.25) is 0 Å². The monoisotopic (exact) mass is 538 g/mol. The number of benzene rings is 1. The van der Waals surface area contributed by atoms with Crippen LogP contribution in [-0.4, -0.2) is 33.5 Å². The van der Waals surface area contributed by atoms with Gasteiger partial charge in [-0.25, -0.2) is 0 Å². The second-order valence-electron chi connectivity index (χ2n) is 6.67. The third-order valence-electron chi connectivity index (χ3n) is 4.34. The van der Waals surface area contributed by atoms with E-state index in [9.17, 15) is 0 Å². The molecule has 0 spiro atoms. The molecule has 0 aromatic heterocycles. The molecule has 1 aromatic carbocycles. The third kappa shape index (κ3) is 13.6. The van der Waals surface area contributed by atoms with Crippen LogP contribution in [0.15, 0.2) is 24.3 Å². The third-order valence-corrected chi connectivity index (χ3v) is 16.8. The zero-order chi connectivity index (χ0) is 20.5. The van der Waals surface area contributed by atoms with Crippen LogP contribution >= 0.6 is 5.47 Å². The SMILES string of the molecule is CCC[CH2][Sn+]([CH2]CCC)[CH2]CCC.CCOP(=S)([S-])c1ccc(OC)cc1. The van der Waals surface area contributed by atoms with E-state index < -0.39 is 25.2 Å². The topological polar surface area (TPSA) is 18.5 Å². The van der Waals surface area contributed by atoms with Crippen LogP contribution < -0.4 is 10.0 Å². The molecule has 0 aliphatic rings. The summed E-state index contributed by atoms with van der Waals surface area (Å²) >= 11 is 9.66. The molecule has 156 valence electrons. The van der Waals surface area contributed by atoms with Crippen molar-refractivity contribution in [3.05, 3.63) is 24.3 Å². The van der Waals surface area contributed by atoms with Crippen LogP contribution in [0.25, 0.3) is 0 Å². The van der Waals surface area contributed by atoms with Crippen molar-refractivity contribution in [2.75, 3.05) is 13.7 Å². The van der Waals surface area contributed by atoms with Crippen LogP contribution in [0.1, 0.15) is 66.2 Å². The fraction of sp³-hybridized carbons (Fsp3) is 0.714. The Kier molecular flexibility index (Phi) is 18.1. The molecule has 1 unspecified atom stereocenters. The van der Waals surface area contributed by atoms with Gasteiger partial charge in [0.25, 0.3) is 0 Å². The van der Waals surface area contributed by atoms with E-state index >= 15 is 0 Å². The fourth-order valence-electron chi connectivity index (χ4n) is 2.66. The molecule has 1 atom stereocenters. The van der Waals surface area contributed by atoms with Crippen molar-refractivity contribution in [1.29, 1.82) is 0 Å². The van der Waals surface area contributed by atoms with E-state index in [1.165, 1.54) is 38.5 Å². The second-order valence-corrected chi connectivity index (χ2v) is 20.8. The Morgan fingerprint density at radius 1 is 0.889 bits per heavy atom. The van der Waals surface area contributed by atoms with Crippen molar-refractivity contribution >= 4 is 54.6 Å². The first-order valence-corrected chi connectivity index (χ1v) is 20.2. The van der Waals surface area contributed by atoms with Gasteiger partial charge in [-0.05, 0) is 42.0 Å². The molecule has 1 aromatic rings. The first-order valence-electron chi connectivity index (χ1n) is 10.4. The van der Waals surface area contributed by atoms with E-state index in [0.29, 0.717) is 6.61 Å². The van der Waals surface area contributed by atoms with Gasteiger partial charge in [0.15, 0.2) is 0 Å². The maximum Gasteiger partial charge on any atom is 0.118 e. The van der Waals surface area contributed by atoms with Crippen LogP contribution in [0.3, 0.4) is 0 Å². The molecule has 0 saturated heterocycles. The van der Waals surface area contributed by atoms with E-state index in [1.54, 1.807) is 20.4 Å². The van der Waals surface area contributed by atoms with Crippen LogP contribution in [0.2, 0.25) is 13.3 Å². The van der Waals surface area contributed by atoms with Gasteiger partial charge in [-0.1, -0.05) is 11.8 Å². The fourth-order valence-corrected chi connectivity index (χ4v) is 14.5. The summed E-state index contributed by atoms with van der Waals surface area (Å²) in [5, 5.41) is 0.908. The van der Waals surface area contributed by atoms with E-state index in [1.807, 2.05) is 31.2 Å². The number of hydrogen-bond acceptors (Lipinski definition) is 4. The van der Waals surface area contributed by atoms with Gasteiger partial charge in [-0.2, -0.15) is 0 Å². The molecular formula is C21H39O2PS2Sn. The predicted molar refractivity (Wildman–Crippen MR) is 131 cm³/mol. The van der Waals surface area contributed by atoms with Gasteiger partial charge < -0.3 is 21.5 Å². The van der Waals surface area contributed by atoms with Crippen molar-refractivity contribution in [3.8, 4) is 5.75 Å². The molecule has 2 nitrogen and oxygen atoms in total. The molecule has 0 amide bonds. The summed E-state index contributed by atoms with van der Waals surface area (Å²) in [4.78, 5) is 0. The standard InChI is InChI=1S/C9H13O2PS2.3C4H9.Sn/c1-3-11-12(13,14)9-6-4-8(10-2)5-7-9;3*1-3-4-2;/h4-7H,3H2,1-2H3,(H,13,14);3*1,3-4H2,2H3;/q;;;;+1/p-1. The Hall–Kier alpha value is 0.779. The molecule has 0 N–H and O–H groups in total. The molecule has 0 fully saturated rings.